The lowest BCUT2D eigenvalue weighted by molar-refractivity contribution is 0.358. The van der Waals surface area contributed by atoms with Crippen LogP contribution in [0.2, 0.25) is 0 Å². The summed E-state index contributed by atoms with van der Waals surface area (Å²) in [5, 5.41) is 0. The van der Waals surface area contributed by atoms with Crippen molar-refractivity contribution in [3.8, 4) is 5.75 Å². The van der Waals surface area contributed by atoms with E-state index in [9.17, 15) is 16.8 Å². The maximum absolute atomic E-state index is 13.7. The number of hydrogen-bond acceptors (Lipinski definition) is 6. The van der Waals surface area contributed by atoms with Gasteiger partial charge in [0, 0.05) is 6.54 Å². The van der Waals surface area contributed by atoms with Crippen LogP contribution < -0.4 is 4.18 Å². The summed E-state index contributed by atoms with van der Waals surface area (Å²) in [6.45, 7) is 5.64. The molecule has 3 aromatic rings. The first kappa shape index (κ1) is 23.1. The molecule has 0 aliphatic heterocycles. The van der Waals surface area contributed by atoms with E-state index in [1.165, 1.54) is 22.7 Å². The molecular formula is C22H25NO6S2. The third-order valence-corrected chi connectivity index (χ3v) is 7.24. The molecule has 31 heavy (non-hydrogen) atoms. The van der Waals surface area contributed by atoms with Gasteiger partial charge in [-0.15, -0.1) is 0 Å². The molecule has 0 saturated heterocycles. The fraction of sp³-hybridized carbons (Fsp3) is 0.273. The van der Waals surface area contributed by atoms with Gasteiger partial charge in [-0.3, -0.25) is 0 Å². The van der Waals surface area contributed by atoms with E-state index < -0.39 is 20.1 Å². The van der Waals surface area contributed by atoms with Crippen LogP contribution in [0.1, 0.15) is 28.0 Å². The molecule has 0 N–H and O–H groups in total. The van der Waals surface area contributed by atoms with Crippen molar-refractivity contribution in [2.75, 3.05) is 6.26 Å². The Kier molecular flexibility index (Phi) is 6.59. The summed E-state index contributed by atoms with van der Waals surface area (Å²) in [4.78, 5) is 0.279. The van der Waals surface area contributed by atoms with Crippen molar-refractivity contribution in [3.63, 3.8) is 0 Å². The summed E-state index contributed by atoms with van der Waals surface area (Å²) in [5.74, 6) is 0.680. The number of sulfonamides is 1. The molecular weight excluding hydrogens is 438 g/mol. The van der Waals surface area contributed by atoms with Gasteiger partial charge in [0.1, 0.15) is 11.5 Å². The molecule has 0 aliphatic carbocycles. The smallest absolute Gasteiger partial charge is 0.306 e. The van der Waals surface area contributed by atoms with E-state index in [-0.39, 0.29) is 23.7 Å². The van der Waals surface area contributed by atoms with Crippen molar-refractivity contribution in [3.05, 3.63) is 82.8 Å². The summed E-state index contributed by atoms with van der Waals surface area (Å²) < 4.78 is 61.5. The van der Waals surface area contributed by atoms with Crippen molar-refractivity contribution >= 4 is 20.1 Å². The average Bonchev–Trinajstić information content (AvgIpc) is 3.13. The third-order valence-electron chi connectivity index (χ3n) is 4.64. The largest absolute Gasteiger partial charge is 0.468 e. The molecule has 2 aromatic carbocycles. The van der Waals surface area contributed by atoms with Crippen LogP contribution in [0.4, 0.5) is 0 Å². The molecule has 0 saturated carbocycles. The lowest BCUT2D eigenvalue weighted by Crippen LogP contribution is -2.31. The minimum absolute atomic E-state index is 0.0592. The number of benzene rings is 2. The van der Waals surface area contributed by atoms with Gasteiger partial charge in [0.25, 0.3) is 0 Å². The van der Waals surface area contributed by atoms with Crippen LogP contribution in [0.3, 0.4) is 0 Å². The minimum Gasteiger partial charge on any atom is -0.468 e. The highest BCUT2D eigenvalue weighted by molar-refractivity contribution is 7.89. The second-order valence-electron chi connectivity index (χ2n) is 7.51. The average molecular weight is 464 g/mol. The second-order valence-corrected chi connectivity index (χ2v) is 11.0. The standard InChI is InChI=1S/C22H25NO6S2/c1-16-12-17(2)22(18(3)13-16)31(26,27)23(15-21-6-5-11-28-21)14-19-7-9-20(10-8-19)29-30(4,24)25/h5-13H,14-15H2,1-4H3. The van der Waals surface area contributed by atoms with E-state index in [1.54, 1.807) is 38.1 Å². The number of rotatable bonds is 8. The molecule has 0 radical (unpaired) electrons. The number of aryl methyl sites for hydroxylation is 3. The molecule has 0 atom stereocenters. The van der Waals surface area contributed by atoms with Gasteiger partial charge in [0.2, 0.25) is 10.0 Å². The molecule has 1 aromatic heterocycles. The predicted molar refractivity (Wildman–Crippen MR) is 118 cm³/mol. The Morgan fingerprint density at radius 2 is 1.52 bits per heavy atom. The topological polar surface area (TPSA) is 93.9 Å². The quantitative estimate of drug-likeness (QED) is 0.470. The van der Waals surface area contributed by atoms with Gasteiger partial charge in [0.05, 0.1) is 24.0 Å². The van der Waals surface area contributed by atoms with Gasteiger partial charge in [-0.25, -0.2) is 8.42 Å². The highest BCUT2D eigenvalue weighted by atomic mass is 32.2. The molecule has 0 aliphatic rings. The highest BCUT2D eigenvalue weighted by Crippen LogP contribution is 2.28. The second kappa shape index (κ2) is 8.86. The van der Waals surface area contributed by atoms with E-state index in [0.717, 1.165) is 11.8 Å². The SMILES string of the molecule is Cc1cc(C)c(S(=O)(=O)N(Cc2ccc(OS(C)(=O)=O)cc2)Cc2ccco2)c(C)c1. The van der Waals surface area contributed by atoms with Crippen molar-refractivity contribution in [2.45, 2.75) is 38.8 Å². The Labute approximate surface area is 183 Å². The maximum atomic E-state index is 13.7. The monoisotopic (exact) mass is 463 g/mol. The summed E-state index contributed by atoms with van der Waals surface area (Å²) in [6.07, 6.45) is 2.46. The Morgan fingerprint density at radius 1 is 0.903 bits per heavy atom. The van der Waals surface area contributed by atoms with Crippen molar-refractivity contribution in [1.29, 1.82) is 0 Å². The van der Waals surface area contributed by atoms with E-state index >= 15 is 0 Å². The molecule has 0 fully saturated rings. The van der Waals surface area contributed by atoms with Gasteiger partial charge < -0.3 is 8.60 Å². The maximum Gasteiger partial charge on any atom is 0.306 e. The van der Waals surface area contributed by atoms with E-state index in [2.05, 4.69) is 0 Å². The molecule has 1 heterocycles. The van der Waals surface area contributed by atoms with Crippen LogP contribution in [-0.4, -0.2) is 27.4 Å². The van der Waals surface area contributed by atoms with Crippen LogP contribution in [0, 0.1) is 20.8 Å². The van der Waals surface area contributed by atoms with Gasteiger partial charge in [-0.1, -0.05) is 29.8 Å². The summed E-state index contributed by atoms with van der Waals surface area (Å²) in [7, 11) is -7.48. The van der Waals surface area contributed by atoms with Crippen LogP contribution in [0.15, 0.2) is 64.1 Å². The fourth-order valence-electron chi connectivity index (χ4n) is 3.53. The van der Waals surface area contributed by atoms with E-state index in [1.807, 2.05) is 19.1 Å². The number of hydrogen-bond donors (Lipinski definition) is 0. The molecule has 166 valence electrons. The first-order valence-corrected chi connectivity index (χ1v) is 12.8. The van der Waals surface area contributed by atoms with Crippen LogP contribution >= 0.6 is 0 Å². The Balaban J connectivity index is 1.97. The van der Waals surface area contributed by atoms with Gasteiger partial charge in [-0.05, 0) is 61.7 Å². The molecule has 0 spiro atoms. The first-order chi connectivity index (χ1) is 14.5. The van der Waals surface area contributed by atoms with E-state index in [4.69, 9.17) is 8.60 Å². The lowest BCUT2D eigenvalue weighted by Gasteiger charge is -2.24. The molecule has 7 nitrogen and oxygen atoms in total. The summed E-state index contributed by atoms with van der Waals surface area (Å²) >= 11 is 0. The Morgan fingerprint density at radius 3 is 2.03 bits per heavy atom. The minimum atomic E-state index is -3.85. The highest BCUT2D eigenvalue weighted by Gasteiger charge is 2.29. The summed E-state index contributed by atoms with van der Waals surface area (Å²) in [5.41, 5.74) is 3.03. The van der Waals surface area contributed by atoms with Crippen molar-refractivity contribution in [2.24, 2.45) is 0 Å². The zero-order valence-electron chi connectivity index (χ0n) is 17.8. The molecule has 0 unspecified atom stereocenters. The van der Waals surface area contributed by atoms with Crippen molar-refractivity contribution in [1.82, 2.24) is 4.31 Å². The number of furan rings is 1. The predicted octanol–water partition coefficient (Wildman–Crippen LogP) is 3.93. The molecule has 3 rings (SSSR count). The van der Waals surface area contributed by atoms with Gasteiger partial charge in [-0.2, -0.15) is 12.7 Å². The zero-order valence-corrected chi connectivity index (χ0v) is 19.5. The molecule has 0 amide bonds. The van der Waals surface area contributed by atoms with Crippen molar-refractivity contribution < 1.29 is 25.4 Å². The molecule has 0 bridgehead atoms. The van der Waals surface area contributed by atoms with Gasteiger partial charge >= 0.3 is 10.1 Å². The number of nitrogens with zero attached hydrogens (tertiary/aromatic N) is 1. The van der Waals surface area contributed by atoms with Crippen LogP contribution in [-0.2, 0) is 33.2 Å². The van der Waals surface area contributed by atoms with Crippen LogP contribution in [0.5, 0.6) is 5.75 Å². The Bertz CT molecular complexity index is 1240. The Hall–Kier alpha value is -2.62. The normalized spacial score (nSPS) is 12.3. The zero-order chi connectivity index (χ0) is 22.8. The summed E-state index contributed by atoms with van der Waals surface area (Å²) in [6, 6.07) is 13.4. The fourth-order valence-corrected chi connectivity index (χ4v) is 5.80. The van der Waals surface area contributed by atoms with E-state index in [0.29, 0.717) is 22.5 Å². The first-order valence-electron chi connectivity index (χ1n) is 9.54. The van der Waals surface area contributed by atoms with Crippen LogP contribution in [0.25, 0.3) is 0 Å². The lowest BCUT2D eigenvalue weighted by atomic mass is 10.1. The third kappa shape index (κ3) is 5.75. The molecule has 9 heteroatoms. The van der Waals surface area contributed by atoms with Gasteiger partial charge in [0.15, 0.2) is 0 Å².